The number of amides is 2. The van der Waals surface area contributed by atoms with E-state index in [1.54, 1.807) is 0 Å². The molecule has 0 aromatic heterocycles. The first-order chi connectivity index (χ1) is 8.11. The van der Waals surface area contributed by atoms with Crippen LogP contribution in [0.1, 0.15) is 13.3 Å². The molecule has 0 aliphatic carbocycles. The van der Waals surface area contributed by atoms with Gasteiger partial charge in [0.25, 0.3) is 0 Å². The van der Waals surface area contributed by atoms with Gasteiger partial charge in [-0.1, -0.05) is 6.92 Å². The van der Waals surface area contributed by atoms with Crippen molar-refractivity contribution in [1.29, 1.82) is 0 Å². The van der Waals surface area contributed by atoms with Crippen LogP contribution in [0.3, 0.4) is 0 Å². The number of nitrogens with one attached hydrogen (secondary N) is 1. The molecule has 1 fully saturated rings. The molecular weight excluding hydrogens is 223 g/mol. The number of anilines is 1. The van der Waals surface area contributed by atoms with Crippen molar-refractivity contribution in [2.24, 2.45) is 0 Å². The Morgan fingerprint density at radius 2 is 2.00 bits per heavy atom. The van der Waals surface area contributed by atoms with Crippen molar-refractivity contribution < 1.29 is 14.0 Å². The third-order valence-electron chi connectivity index (χ3n) is 2.75. The Labute approximate surface area is 98.4 Å². The number of carbonyl (C=O) groups excluding carboxylic acids is 2. The van der Waals surface area contributed by atoms with Crippen LogP contribution < -0.4 is 10.2 Å². The van der Waals surface area contributed by atoms with E-state index in [0.29, 0.717) is 12.1 Å². The largest absolute Gasteiger partial charge is 0.343 e. The van der Waals surface area contributed by atoms with E-state index in [1.165, 1.54) is 29.2 Å². The van der Waals surface area contributed by atoms with Crippen LogP contribution in [0.2, 0.25) is 0 Å². The molecule has 2 rings (SSSR count). The average molecular weight is 236 g/mol. The van der Waals surface area contributed by atoms with Gasteiger partial charge in [-0.25, -0.2) is 4.39 Å². The lowest BCUT2D eigenvalue weighted by molar-refractivity contribution is -0.131. The number of hydrogen-bond acceptors (Lipinski definition) is 2. The molecule has 0 bridgehead atoms. The van der Waals surface area contributed by atoms with Crippen molar-refractivity contribution in [3.8, 4) is 0 Å². The first-order valence-electron chi connectivity index (χ1n) is 5.48. The predicted octanol–water partition coefficient (Wildman–Crippen LogP) is 1.07. The van der Waals surface area contributed by atoms with E-state index < -0.39 is 6.04 Å². The Hall–Kier alpha value is -1.91. The lowest BCUT2D eigenvalue weighted by Crippen LogP contribution is -2.58. The highest BCUT2D eigenvalue weighted by atomic mass is 19.1. The van der Waals surface area contributed by atoms with Gasteiger partial charge < -0.3 is 10.2 Å². The van der Waals surface area contributed by atoms with Crippen LogP contribution in [-0.4, -0.2) is 24.4 Å². The van der Waals surface area contributed by atoms with Gasteiger partial charge in [0.2, 0.25) is 11.8 Å². The van der Waals surface area contributed by atoms with E-state index in [1.807, 2.05) is 6.92 Å². The Kier molecular flexibility index (Phi) is 3.08. The minimum absolute atomic E-state index is 0.0129. The first-order valence-corrected chi connectivity index (χ1v) is 5.48. The van der Waals surface area contributed by atoms with Crippen LogP contribution in [0.4, 0.5) is 10.1 Å². The van der Waals surface area contributed by atoms with Crippen molar-refractivity contribution in [3.63, 3.8) is 0 Å². The fourth-order valence-corrected chi connectivity index (χ4v) is 1.83. The Morgan fingerprint density at radius 1 is 1.35 bits per heavy atom. The summed E-state index contributed by atoms with van der Waals surface area (Å²) in [4.78, 5) is 24.8. The molecule has 17 heavy (non-hydrogen) atoms. The highest BCUT2D eigenvalue weighted by Gasteiger charge is 2.32. The lowest BCUT2D eigenvalue weighted by atomic mass is 10.1. The van der Waals surface area contributed by atoms with E-state index in [4.69, 9.17) is 0 Å². The summed E-state index contributed by atoms with van der Waals surface area (Å²) in [5.41, 5.74) is 0.546. The van der Waals surface area contributed by atoms with E-state index in [0.717, 1.165) is 0 Å². The molecule has 1 unspecified atom stereocenters. The topological polar surface area (TPSA) is 49.4 Å². The van der Waals surface area contributed by atoms with Gasteiger partial charge in [-0.2, -0.15) is 0 Å². The molecule has 90 valence electrons. The van der Waals surface area contributed by atoms with Crippen molar-refractivity contribution in [2.75, 3.05) is 11.4 Å². The summed E-state index contributed by atoms with van der Waals surface area (Å²) in [5.74, 6) is -0.714. The van der Waals surface area contributed by atoms with Crippen LogP contribution in [0.15, 0.2) is 24.3 Å². The third-order valence-corrected chi connectivity index (χ3v) is 2.75. The van der Waals surface area contributed by atoms with Crippen LogP contribution in [0.25, 0.3) is 0 Å². The molecule has 1 aromatic rings. The van der Waals surface area contributed by atoms with Gasteiger partial charge in [0.05, 0.1) is 0 Å². The van der Waals surface area contributed by atoms with Gasteiger partial charge in [0.1, 0.15) is 18.4 Å². The van der Waals surface area contributed by atoms with Crippen LogP contribution >= 0.6 is 0 Å². The zero-order chi connectivity index (χ0) is 12.4. The molecule has 1 aromatic carbocycles. The third kappa shape index (κ3) is 2.27. The highest BCUT2D eigenvalue weighted by molar-refractivity contribution is 6.06. The summed E-state index contributed by atoms with van der Waals surface area (Å²) in [5, 5.41) is 2.62. The zero-order valence-corrected chi connectivity index (χ0v) is 9.44. The van der Waals surface area contributed by atoms with Crippen molar-refractivity contribution in [2.45, 2.75) is 19.4 Å². The maximum absolute atomic E-state index is 12.8. The quantitative estimate of drug-likeness (QED) is 0.835. The molecule has 5 heteroatoms. The maximum atomic E-state index is 12.8. The first kappa shape index (κ1) is 11.6. The molecule has 1 heterocycles. The van der Waals surface area contributed by atoms with Crippen molar-refractivity contribution >= 4 is 17.5 Å². The number of carbonyl (C=O) groups is 2. The van der Waals surface area contributed by atoms with Crippen LogP contribution in [0.5, 0.6) is 0 Å². The Bertz CT molecular complexity index is 444. The van der Waals surface area contributed by atoms with E-state index in [9.17, 15) is 14.0 Å². The fourth-order valence-electron chi connectivity index (χ4n) is 1.83. The van der Waals surface area contributed by atoms with E-state index in [-0.39, 0.29) is 24.2 Å². The second-order valence-corrected chi connectivity index (χ2v) is 3.93. The van der Waals surface area contributed by atoms with E-state index >= 15 is 0 Å². The summed E-state index contributed by atoms with van der Waals surface area (Å²) in [6.45, 7) is 1.82. The smallest absolute Gasteiger partial charge is 0.250 e. The van der Waals surface area contributed by atoms with Gasteiger partial charge >= 0.3 is 0 Å². The Balaban J connectivity index is 2.27. The molecule has 1 atom stereocenters. The standard InChI is InChI=1S/C12H13FN2O2/c1-2-10-12(17)15(7-11(16)14-10)9-5-3-8(13)4-6-9/h3-6,10H,2,7H2,1H3,(H,14,16). The maximum Gasteiger partial charge on any atom is 0.250 e. The van der Waals surface area contributed by atoms with Crippen LogP contribution in [-0.2, 0) is 9.59 Å². The molecule has 1 N–H and O–H groups in total. The molecule has 1 saturated heterocycles. The zero-order valence-electron chi connectivity index (χ0n) is 9.44. The van der Waals surface area contributed by atoms with Gasteiger partial charge in [-0.05, 0) is 30.7 Å². The molecule has 1 aliphatic rings. The summed E-state index contributed by atoms with van der Waals surface area (Å²) in [7, 11) is 0. The van der Waals surface area contributed by atoms with Gasteiger partial charge in [0.15, 0.2) is 0 Å². The molecule has 0 spiro atoms. The minimum Gasteiger partial charge on any atom is -0.343 e. The number of rotatable bonds is 2. The van der Waals surface area contributed by atoms with Crippen molar-refractivity contribution in [3.05, 3.63) is 30.1 Å². The second-order valence-electron chi connectivity index (χ2n) is 3.93. The number of piperazine rings is 1. The highest BCUT2D eigenvalue weighted by Crippen LogP contribution is 2.18. The SMILES string of the molecule is CCC1NC(=O)CN(c2ccc(F)cc2)C1=O. The summed E-state index contributed by atoms with van der Waals surface area (Å²) >= 11 is 0. The normalized spacial score (nSPS) is 20.4. The predicted molar refractivity (Wildman–Crippen MR) is 61.0 cm³/mol. The summed E-state index contributed by atoms with van der Waals surface area (Å²) in [6, 6.07) is 5.06. The Morgan fingerprint density at radius 3 is 2.59 bits per heavy atom. The average Bonchev–Trinajstić information content (AvgIpc) is 2.33. The molecule has 0 radical (unpaired) electrons. The number of benzene rings is 1. The number of halogens is 1. The van der Waals surface area contributed by atoms with Crippen molar-refractivity contribution in [1.82, 2.24) is 5.32 Å². The van der Waals surface area contributed by atoms with Gasteiger partial charge in [-0.15, -0.1) is 0 Å². The molecule has 1 aliphatic heterocycles. The number of nitrogens with zero attached hydrogens (tertiary/aromatic N) is 1. The molecular formula is C12H13FN2O2. The number of hydrogen-bond donors (Lipinski definition) is 1. The fraction of sp³-hybridized carbons (Fsp3) is 0.333. The second kappa shape index (κ2) is 4.53. The molecule has 0 saturated carbocycles. The van der Waals surface area contributed by atoms with Gasteiger partial charge in [-0.3, -0.25) is 9.59 Å². The van der Waals surface area contributed by atoms with Gasteiger partial charge in [0, 0.05) is 5.69 Å². The van der Waals surface area contributed by atoms with Crippen LogP contribution in [0, 0.1) is 5.82 Å². The minimum atomic E-state index is -0.485. The summed E-state index contributed by atoms with van der Waals surface area (Å²) < 4.78 is 12.8. The molecule has 4 nitrogen and oxygen atoms in total. The summed E-state index contributed by atoms with van der Waals surface area (Å²) in [6.07, 6.45) is 0.544. The molecule has 2 amide bonds. The monoisotopic (exact) mass is 236 g/mol. The van der Waals surface area contributed by atoms with E-state index in [2.05, 4.69) is 5.32 Å². The lowest BCUT2D eigenvalue weighted by Gasteiger charge is -2.32.